The predicted molar refractivity (Wildman–Crippen MR) is 108 cm³/mol. The number of ether oxygens (including phenoxy) is 1. The van der Waals surface area contributed by atoms with Gasteiger partial charge >= 0.3 is 0 Å². The molecule has 27 heavy (non-hydrogen) atoms. The number of carbonyl (C=O) groups excluding carboxylic acids is 1. The Morgan fingerprint density at radius 2 is 2.00 bits per heavy atom. The average Bonchev–Trinajstić information content (AvgIpc) is 2.98. The molecule has 0 spiro atoms. The van der Waals surface area contributed by atoms with E-state index in [9.17, 15) is 4.79 Å². The van der Waals surface area contributed by atoms with Gasteiger partial charge in [-0.25, -0.2) is 0 Å². The lowest BCUT2D eigenvalue weighted by Gasteiger charge is -2.26. The molecule has 1 unspecified atom stereocenters. The van der Waals surface area contributed by atoms with E-state index in [4.69, 9.17) is 20.8 Å². The first-order valence-electron chi connectivity index (χ1n) is 8.68. The van der Waals surface area contributed by atoms with Crippen LogP contribution in [0.1, 0.15) is 27.7 Å². The highest BCUT2D eigenvalue weighted by molar-refractivity contribution is 6.31. The Bertz CT molecular complexity index is 965. The number of furan rings is 1. The summed E-state index contributed by atoms with van der Waals surface area (Å²) >= 11 is 6.05. The number of hydrogen-bond acceptors (Lipinski definition) is 4. The smallest absolute Gasteiger partial charge is 0.287 e. The predicted octanol–water partition coefficient (Wildman–Crippen LogP) is 4.44. The summed E-state index contributed by atoms with van der Waals surface area (Å²) in [5.74, 6) is 0.853. The van der Waals surface area contributed by atoms with Crippen LogP contribution >= 0.6 is 11.6 Å². The van der Waals surface area contributed by atoms with Gasteiger partial charge < -0.3 is 19.4 Å². The minimum Gasteiger partial charge on any atom is -0.496 e. The van der Waals surface area contributed by atoms with Crippen molar-refractivity contribution in [1.29, 1.82) is 0 Å². The van der Waals surface area contributed by atoms with Gasteiger partial charge in [0.05, 0.1) is 13.2 Å². The Morgan fingerprint density at radius 3 is 2.70 bits per heavy atom. The Hall–Kier alpha value is -2.50. The van der Waals surface area contributed by atoms with E-state index >= 15 is 0 Å². The van der Waals surface area contributed by atoms with Gasteiger partial charge in [0, 0.05) is 28.1 Å². The summed E-state index contributed by atoms with van der Waals surface area (Å²) in [4.78, 5) is 14.8. The number of rotatable bonds is 6. The number of halogens is 1. The SMILES string of the molecule is COc1ccccc1C(CNC(=O)c1oc2ccc(Cl)cc2c1C)N(C)C. The van der Waals surface area contributed by atoms with Crippen LogP contribution in [0.25, 0.3) is 11.0 Å². The molecule has 5 nitrogen and oxygen atoms in total. The van der Waals surface area contributed by atoms with Crippen molar-refractivity contribution < 1.29 is 13.9 Å². The highest BCUT2D eigenvalue weighted by Gasteiger charge is 2.22. The summed E-state index contributed by atoms with van der Waals surface area (Å²) in [5, 5.41) is 4.45. The topological polar surface area (TPSA) is 54.7 Å². The Balaban J connectivity index is 1.82. The number of amides is 1. The third-order valence-electron chi connectivity index (χ3n) is 4.68. The number of nitrogens with one attached hydrogen (secondary N) is 1. The van der Waals surface area contributed by atoms with Crippen molar-refractivity contribution in [3.8, 4) is 5.75 Å². The van der Waals surface area contributed by atoms with Crippen molar-refractivity contribution in [2.75, 3.05) is 27.7 Å². The maximum absolute atomic E-state index is 12.7. The van der Waals surface area contributed by atoms with Gasteiger partial charge in [-0.05, 0) is 45.3 Å². The molecule has 0 saturated carbocycles. The monoisotopic (exact) mass is 386 g/mol. The molecule has 1 heterocycles. The largest absolute Gasteiger partial charge is 0.496 e. The summed E-state index contributed by atoms with van der Waals surface area (Å²) < 4.78 is 11.2. The highest BCUT2D eigenvalue weighted by Crippen LogP contribution is 2.29. The Morgan fingerprint density at radius 1 is 1.26 bits per heavy atom. The third kappa shape index (κ3) is 3.94. The van der Waals surface area contributed by atoms with E-state index in [1.165, 1.54) is 0 Å². The standard InChI is InChI=1S/C21H23ClN2O3/c1-13-16-11-14(22)9-10-19(16)27-20(13)21(25)23-12-17(24(2)3)15-7-5-6-8-18(15)26-4/h5-11,17H,12H2,1-4H3,(H,23,25). The van der Waals surface area contributed by atoms with Gasteiger partial charge in [0.15, 0.2) is 5.76 Å². The lowest BCUT2D eigenvalue weighted by Crippen LogP contribution is -2.34. The molecule has 0 aliphatic rings. The molecule has 6 heteroatoms. The average molecular weight is 387 g/mol. The first-order chi connectivity index (χ1) is 12.9. The molecule has 3 aromatic rings. The molecule has 0 bridgehead atoms. The minimum absolute atomic E-state index is 0.0378. The summed E-state index contributed by atoms with van der Waals surface area (Å²) in [6.07, 6.45) is 0. The highest BCUT2D eigenvalue weighted by atomic mass is 35.5. The molecule has 142 valence electrons. The van der Waals surface area contributed by atoms with Crippen LogP contribution in [0.3, 0.4) is 0 Å². The van der Waals surface area contributed by atoms with Crippen molar-refractivity contribution in [3.63, 3.8) is 0 Å². The Kier molecular flexibility index (Phi) is 5.73. The zero-order valence-electron chi connectivity index (χ0n) is 15.9. The number of methoxy groups -OCH3 is 1. The van der Waals surface area contributed by atoms with E-state index in [1.54, 1.807) is 19.2 Å². The van der Waals surface area contributed by atoms with Crippen molar-refractivity contribution in [2.45, 2.75) is 13.0 Å². The zero-order valence-corrected chi connectivity index (χ0v) is 16.6. The van der Waals surface area contributed by atoms with Gasteiger partial charge in [-0.15, -0.1) is 0 Å². The molecule has 1 amide bonds. The molecule has 3 rings (SSSR count). The molecular weight excluding hydrogens is 364 g/mol. The van der Waals surface area contributed by atoms with Crippen molar-refractivity contribution in [1.82, 2.24) is 10.2 Å². The zero-order chi connectivity index (χ0) is 19.6. The van der Waals surface area contributed by atoms with Crippen LogP contribution in [0.2, 0.25) is 5.02 Å². The van der Waals surface area contributed by atoms with Crippen LogP contribution in [-0.2, 0) is 0 Å². The molecule has 0 fully saturated rings. The quantitative estimate of drug-likeness (QED) is 0.680. The van der Waals surface area contributed by atoms with Crippen LogP contribution in [0, 0.1) is 6.92 Å². The number of likely N-dealkylation sites (N-methyl/N-ethyl adjacent to an activating group) is 1. The fraction of sp³-hybridized carbons (Fsp3) is 0.286. The number of aryl methyl sites for hydroxylation is 1. The summed E-state index contributed by atoms with van der Waals surface area (Å²) in [5.41, 5.74) is 2.44. The molecule has 2 aromatic carbocycles. The van der Waals surface area contributed by atoms with Crippen LogP contribution in [0.4, 0.5) is 0 Å². The lowest BCUT2D eigenvalue weighted by molar-refractivity contribution is 0.0915. The van der Waals surface area contributed by atoms with E-state index in [0.717, 1.165) is 22.3 Å². The lowest BCUT2D eigenvalue weighted by atomic mass is 10.0. The molecule has 0 aliphatic heterocycles. The van der Waals surface area contributed by atoms with E-state index in [1.807, 2.05) is 56.3 Å². The van der Waals surface area contributed by atoms with Crippen LogP contribution in [-0.4, -0.2) is 38.6 Å². The van der Waals surface area contributed by atoms with Gasteiger partial charge in [0.1, 0.15) is 11.3 Å². The number of hydrogen-bond donors (Lipinski definition) is 1. The second kappa shape index (κ2) is 8.03. The van der Waals surface area contributed by atoms with Crippen molar-refractivity contribution in [3.05, 3.63) is 64.4 Å². The number of carbonyl (C=O) groups is 1. The summed E-state index contributed by atoms with van der Waals surface area (Å²) in [7, 11) is 5.59. The molecule has 0 radical (unpaired) electrons. The van der Waals surface area contributed by atoms with Gasteiger partial charge in [-0.2, -0.15) is 0 Å². The maximum atomic E-state index is 12.7. The first kappa shape index (κ1) is 19.3. The fourth-order valence-corrected chi connectivity index (χ4v) is 3.36. The van der Waals surface area contributed by atoms with Crippen LogP contribution in [0.15, 0.2) is 46.9 Å². The number of fused-ring (bicyclic) bond motifs is 1. The summed E-state index contributed by atoms with van der Waals surface area (Å²) in [6, 6.07) is 13.1. The molecule has 0 saturated heterocycles. The second-order valence-corrected chi connectivity index (χ2v) is 7.06. The molecular formula is C21H23ClN2O3. The third-order valence-corrected chi connectivity index (χ3v) is 4.92. The maximum Gasteiger partial charge on any atom is 0.287 e. The van der Waals surface area contributed by atoms with Crippen LogP contribution < -0.4 is 10.1 Å². The number of nitrogens with zero attached hydrogens (tertiary/aromatic N) is 1. The summed E-state index contributed by atoms with van der Waals surface area (Å²) in [6.45, 7) is 2.28. The van der Waals surface area contributed by atoms with E-state index in [-0.39, 0.29) is 11.9 Å². The van der Waals surface area contributed by atoms with Crippen molar-refractivity contribution in [2.24, 2.45) is 0 Å². The molecule has 1 N–H and O–H groups in total. The van der Waals surface area contributed by atoms with E-state index in [2.05, 4.69) is 5.32 Å². The van der Waals surface area contributed by atoms with Crippen LogP contribution in [0.5, 0.6) is 5.75 Å². The Labute approximate surface area is 163 Å². The molecule has 1 aromatic heterocycles. The van der Waals surface area contributed by atoms with Crippen molar-refractivity contribution >= 4 is 28.5 Å². The fourth-order valence-electron chi connectivity index (χ4n) is 3.19. The second-order valence-electron chi connectivity index (χ2n) is 6.63. The number of para-hydroxylation sites is 1. The van der Waals surface area contributed by atoms with E-state index in [0.29, 0.717) is 22.9 Å². The first-order valence-corrected chi connectivity index (χ1v) is 9.06. The van der Waals surface area contributed by atoms with Gasteiger partial charge in [0.25, 0.3) is 5.91 Å². The molecule has 1 atom stereocenters. The van der Waals surface area contributed by atoms with E-state index < -0.39 is 0 Å². The molecule has 0 aliphatic carbocycles. The number of benzene rings is 2. The normalized spacial score (nSPS) is 12.4. The van der Waals surface area contributed by atoms with Gasteiger partial charge in [-0.3, -0.25) is 4.79 Å². The van der Waals surface area contributed by atoms with Gasteiger partial charge in [-0.1, -0.05) is 29.8 Å². The van der Waals surface area contributed by atoms with Gasteiger partial charge in [0.2, 0.25) is 0 Å². The minimum atomic E-state index is -0.249.